The number of ether oxygens (including phenoxy) is 2. The Morgan fingerprint density at radius 1 is 1.61 bits per heavy atom. The van der Waals surface area contributed by atoms with Crippen LogP contribution in [0.2, 0.25) is 0 Å². The summed E-state index contributed by atoms with van der Waals surface area (Å²) in [5.41, 5.74) is 3.62. The van der Waals surface area contributed by atoms with Crippen molar-refractivity contribution in [1.29, 1.82) is 0 Å². The van der Waals surface area contributed by atoms with Crippen LogP contribution in [0.4, 0.5) is 0 Å². The van der Waals surface area contributed by atoms with Crippen molar-refractivity contribution in [3.05, 3.63) is 21.9 Å². The fourth-order valence-corrected chi connectivity index (χ4v) is 2.46. The molecular weight excluding hydrogens is 252 g/mol. The van der Waals surface area contributed by atoms with E-state index in [1.54, 1.807) is 24.5 Å². The molecule has 1 aromatic rings. The highest BCUT2D eigenvalue weighted by Gasteiger charge is 2.33. The number of nitrogens with one attached hydrogen (secondary N) is 1. The van der Waals surface area contributed by atoms with E-state index in [1.807, 2.05) is 18.4 Å². The summed E-state index contributed by atoms with van der Waals surface area (Å²) < 4.78 is 10.7. The van der Waals surface area contributed by atoms with E-state index in [0.717, 1.165) is 10.4 Å². The minimum atomic E-state index is -0.807. The smallest absolute Gasteiger partial charge is 0.245 e. The number of carbonyl (C=O) groups is 1. The van der Waals surface area contributed by atoms with Crippen LogP contribution in [-0.4, -0.2) is 31.1 Å². The molecule has 0 aromatic carbocycles. The molecule has 6 heteroatoms. The topological polar surface area (TPSA) is 59.9 Å². The second kappa shape index (κ2) is 5.60. The van der Waals surface area contributed by atoms with E-state index >= 15 is 0 Å². The molecule has 1 saturated heterocycles. The lowest BCUT2D eigenvalue weighted by Crippen LogP contribution is -2.33. The van der Waals surface area contributed by atoms with E-state index in [2.05, 4.69) is 10.5 Å². The Labute approximate surface area is 110 Å². The van der Waals surface area contributed by atoms with Crippen molar-refractivity contribution in [1.82, 2.24) is 5.43 Å². The molecule has 0 bridgehead atoms. The Balaban J connectivity index is 1.81. The lowest BCUT2D eigenvalue weighted by atomic mass is 10.2. The third-order valence-electron chi connectivity index (χ3n) is 2.65. The van der Waals surface area contributed by atoms with Gasteiger partial charge in [-0.15, -0.1) is 11.3 Å². The van der Waals surface area contributed by atoms with Gasteiger partial charge in [-0.3, -0.25) is 4.79 Å². The van der Waals surface area contributed by atoms with Crippen molar-refractivity contribution < 1.29 is 14.3 Å². The maximum atomic E-state index is 11.6. The molecule has 0 atom stereocenters. The van der Waals surface area contributed by atoms with Crippen LogP contribution in [0.5, 0.6) is 0 Å². The van der Waals surface area contributed by atoms with Crippen molar-refractivity contribution in [3.63, 3.8) is 0 Å². The van der Waals surface area contributed by atoms with E-state index in [-0.39, 0.29) is 12.3 Å². The lowest BCUT2D eigenvalue weighted by Gasteiger charge is -2.20. The van der Waals surface area contributed by atoms with Gasteiger partial charge in [0.2, 0.25) is 5.91 Å². The first-order chi connectivity index (χ1) is 8.59. The van der Waals surface area contributed by atoms with Crippen LogP contribution in [-0.2, 0) is 14.3 Å². The second-order valence-corrected chi connectivity index (χ2v) is 5.22. The molecule has 2 heterocycles. The van der Waals surface area contributed by atoms with Gasteiger partial charge in [0.1, 0.15) is 0 Å². The number of hydrogen-bond donors (Lipinski definition) is 1. The van der Waals surface area contributed by atoms with E-state index < -0.39 is 5.79 Å². The summed E-state index contributed by atoms with van der Waals surface area (Å²) in [6.45, 7) is 4.82. The molecule has 0 radical (unpaired) electrons. The average molecular weight is 268 g/mol. The number of hydrazone groups is 1. The van der Waals surface area contributed by atoms with Crippen LogP contribution in [0.3, 0.4) is 0 Å². The van der Waals surface area contributed by atoms with Crippen LogP contribution in [0.15, 0.2) is 16.5 Å². The van der Waals surface area contributed by atoms with Crippen LogP contribution >= 0.6 is 11.3 Å². The van der Waals surface area contributed by atoms with Gasteiger partial charge in [0.15, 0.2) is 5.79 Å². The second-order valence-electron chi connectivity index (χ2n) is 4.27. The van der Waals surface area contributed by atoms with Gasteiger partial charge in [0.05, 0.1) is 25.8 Å². The highest BCUT2D eigenvalue weighted by atomic mass is 32.1. The van der Waals surface area contributed by atoms with Crippen molar-refractivity contribution >= 4 is 23.5 Å². The average Bonchev–Trinajstić information content (AvgIpc) is 2.89. The van der Waals surface area contributed by atoms with Gasteiger partial charge in [-0.25, -0.2) is 5.43 Å². The maximum Gasteiger partial charge on any atom is 0.245 e. The number of aryl methyl sites for hydroxylation is 1. The van der Waals surface area contributed by atoms with Gasteiger partial charge in [0.25, 0.3) is 0 Å². The minimum Gasteiger partial charge on any atom is -0.347 e. The molecule has 2 rings (SSSR count). The molecule has 0 spiro atoms. The summed E-state index contributed by atoms with van der Waals surface area (Å²) in [6.07, 6.45) is 1.80. The molecule has 1 N–H and O–H groups in total. The summed E-state index contributed by atoms with van der Waals surface area (Å²) in [5, 5.41) is 5.91. The van der Waals surface area contributed by atoms with Gasteiger partial charge in [0, 0.05) is 4.88 Å². The molecular formula is C12H16N2O3S. The summed E-state index contributed by atoms with van der Waals surface area (Å²) in [6, 6.07) is 2.01. The summed E-state index contributed by atoms with van der Waals surface area (Å²) in [4.78, 5) is 12.7. The van der Waals surface area contributed by atoms with Gasteiger partial charge < -0.3 is 9.47 Å². The van der Waals surface area contributed by atoms with E-state index in [1.165, 1.54) is 0 Å². The van der Waals surface area contributed by atoms with Gasteiger partial charge in [-0.05, 0) is 30.9 Å². The molecule has 0 unspecified atom stereocenters. The molecule has 1 aliphatic rings. The minimum absolute atomic E-state index is 0.147. The zero-order valence-electron chi connectivity index (χ0n) is 10.4. The normalized spacial score (nSPS) is 18.3. The van der Waals surface area contributed by atoms with Crippen molar-refractivity contribution in [2.45, 2.75) is 26.1 Å². The van der Waals surface area contributed by atoms with E-state index in [0.29, 0.717) is 13.2 Å². The quantitative estimate of drug-likeness (QED) is 0.667. The highest BCUT2D eigenvalue weighted by Crippen LogP contribution is 2.22. The molecule has 0 aliphatic carbocycles. The van der Waals surface area contributed by atoms with Crippen molar-refractivity contribution in [3.8, 4) is 0 Å². The van der Waals surface area contributed by atoms with E-state index in [9.17, 15) is 4.79 Å². The van der Waals surface area contributed by atoms with Crippen molar-refractivity contribution in [2.24, 2.45) is 5.10 Å². The van der Waals surface area contributed by atoms with Crippen molar-refractivity contribution in [2.75, 3.05) is 13.2 Å². The number of carbonyl (C=O) groups excluding carboxylic acids is 1. The molecule has 18 heavy (non-hydrogen) atoms. The van der Waals surface area contributed by atoms with Gasteiger partial charge in [-0.2, -0.15) is 5.10 Å². The number of hydrogen-bond acceptors (Lipinski definition) is 5. The molecule has 5 nitrogen and oxygen atoms in total. The Morgan fingerprint density at radius 3 is 2.94 bits per heavy atom. The molecule has 0 saturated carbocycles. The predicted octanol–water partition coefficient (Wildman–Crippen LogP) is 1.66. The molecule has 1 aromatic heterocycles. The molecule has 1 amide bonds. The first-order valence-electron chi connectivity index (χ1n) is 5.73. The third-order valence-corrected chi connectivity index (χ3v) is 3.61. The van der Waals surface area contributed by atoms with Gasteiger partial charge >= 0.3 is 0 Å². The monoisotopic (exact) mass is 268 g/mol. The number of thiophene rings is 1. The number of amides is 1. The fourth-order valence-electron chi connectivity index (χ4n) is 1.67. The van der Waals surface area contributed by atoms with Crippen LogP contribution in [0.1, 0.15) is 23.8 Å². The Morgan fingerprint density at radius 2 is 2.33 bits per heavy atom. The Kier molecular flexibility index (Phi) is 4.11. The van der Waals surface area contributed by atoms with E-state index in [4.69, 9.17) is 9.47 Å². The standard InChI is InChI=1S/C12H16N2O3S/c1-9-3-6-18-10(9)8-13-14-11(15)7-12(2)16-4-5-17-12/h3,6,8H,4-5,7H2,1-2H3,(H,14,15). The number of rotatable bonds is 4. The number of nitrogens with zero attached hydrogens (tertiary/aromatic N) is 1. The third kappa shape index (κ3) is 3.38. The first kappa shape index (κ1) is 13.2. The maximum absolute atomic E-state index is 11.6. The summed E-state index contributed by atoms with van der Waals surface area (Å²) in [5.74, 6) is -1.02. The highest BCUT2D eigenvalue weighted by molar-refractivity contribution is 7.11. The molecule has 98 valence electrons. The first-order valence-corrected chi connectivity index (χ1v) is 6.61. The van der Waals surface area contributed by atoms with Crippen LogP contribution in [0, 0.1) is 6.92 Å². The van der Waals surface area contributed by atoms with Crippen LogP contribution in [0.25, 0.3) is 0 Å². The lowest BCUT2D eigenvalue weighted by molar-refractivity contribution is -0.159. The SMILES string of the molecule is Cc1ccsc1C=NNC(=O)CC1(C)OCCO1. The zero-order valence-corrected chi connectivity index (χ0v) is 11.3. The zero-order chi connectivity index (χ0) is 13.0. The summed E-state index contributed by atoms with van der Waals surface area (Å²) in [7, 11) is 0. The molecule has 1 fully saturated rings. The predicted molar refractivity (Wildman–Crippen MR) is 69.7 cm³/mol. The Hall–Kier alpha value is -1.24. The molecule has 1 aliphatic heterocycles. The van der Waals surface area contributed by atoms with Crippen LogP contribution < -0.4 is 5.43 Å². The summed E-state index contributed by atoms with van der Waals surface area (Å²) >= 11 is 1.58. The largest absolute Gasteiger partial charge is 0.347 e. The fraction of sp³-hybridized carbons (Fsp3) is 0.500. The Bertz CT molecular complexity index is 450. The van der Waals surface area contributed by atoms with Gasteiger partial charge in [-0.1, -0.05) is 0 Å².